The van der Waals surface area contributed by atoms with E-state index in [9.17, 15) is 4.79 Å². The molecule has 0 bridgehead atoms. The van der Waals surface area contributed by atoms with Gasteiger partial charge in [-0.1, -0.05) is 0 Å². The van der Waals surface area contributed by atoms with Gasteiger partial charge in [0.25, 0.3) is 0 Å². The number of nitrogens with zero attached hydrogens (tertiary/aromatic N) is 2. The van der Waals surface area contributed by atoms with Crippen LogP contribution in [0.4, 0.5) is 16.2 Å². The lowest BCUT2D eigenvalue weighted by atomic mass is 10.0. The lowest BCUT2D eigenvalue weighted by molar-refractivity contribution is 0.122. The minimum atomic E-state index is -0.812. The number of hydrogen-bond acceptors (Lipinski definition) is 4. The molecule has 6 heteroatoms. The second-order valence-electron chi connectivity index (χ2n) is 5.83. The summed E-state index contributed by atoms with van der Waals surface area (Å²) in [6.45, 7) is 4.70. The van der Waals surface area contributed by atoms with Crippen molar-refractivity contribution in [3.05, 3.63) is 24.3 Å². The van der Waals surface area contributed by atoms with E-state index in [1.807, 2.05) is 0 Å². The van der Waals surface area contributed by atoms with Crippen LogP contribution in [-0.4, -0.2) is 61.5 Å². The first kappa shape index (κ1) is 15.0. The number of carboxylic acid groups (broad SMARTS) is 1. The molecule has 0 saturated carbocycles. The number of morpholine rings is 1. The van der Waals surface area contributed by atoms with Crippen LogP contribution in [0.5, 0.6) is 0 Å². The Morgan fingerprint density at radius 2 is 1.73 bits per heavy atom. The van der Waals surface area contributed by atoms with Gasteiger partial charge < -0.3 is 25.0 Å². The van der Waals surface area contributed by atoms with Crippen molar-refractivity contribution in [1.82, 2.24) is 4.90 Å². The van der Waals surface area contributed by atoms with Gasteiger partial charge in [-0.05, 0) is 37.1 Å². The van der Waals surface area contributed by atoms with Crippen molar-refractivity contribution in [3.63, 3.8) is 0 Å². The summed E-state index contributed by atoms with van der Waals surface area (Å²) in [7, 11) is 0. The van der Waals surface area contributed by atoms with E-state index < -0.39 is 6.09 Å². The highest BCUT2D eigenvalue weighted by Gasteiger charge is 2.22. The molecule has 0 aromatic heterocycles. The quantitative estimate of drug-likeness (QED) is 0.895. The molecule has 2 aliphatic heterocycles. The number of rotatable bonds is 3. The first-order valence-corrected chi connectivity index (χ1v) is 7.89. The van der Waals surface area contributed by atoms with Crippen molar-refractivity contribution in [3.8, 4) is 0 Å². The standard InChI is InChI=1S/C16H23N3O3/c20-16(21)19-7-5-14(6-8-19)17-13-1-3-15(4-2-13)18-9-11-22-12-10-18/h1-4,14,17H,5-12H2,(H,20,21). The molecule has 22 heavy (non-hydrogen) atoms. The van der Waals surface area contributed by atoms with Crippen LogP contribution in [0.3, 0.4) is 0 Å². The third-order valence-corrected chi connectivity index (χ3v) is 4.38. The van der Waals surface area contributed by atoms with Crippen LogP contribution < -0.4 is 10.2 Å². The van der Waals surface area contributed by atoms with Gasteiger partial charge in [0.2, 0.25) is 0 Å². The summed E-state index contributed by atoms with van der Waals surface area (Å²) in [4.78, 5) is 14.7. The largest absolute Gasteiger partial charge is 0.465 e. The SMILES string of the molecule is O=C(O)N1CCC(Nc2ccc(N3CCOCC3)cc2)CC1. The minimum Gasteiger partial charge on any atom is -0.465 e. The van der Waals surface area contributed by atoms with Crippen molar-refractivity contribution in [1.29, 1.82) is 0 Å². The maximum atomic E-state index is 10.9. The van der Waals surface area contributed by atoms with Gasteiger partial charge in [-0.3, -0.25) is 0 Å². The highest BCUT2D eigenvalue weighted by molar-refractivity contribution is 5.65. The summed E-state index contributed by atoms with van der Waals surface area (Å²) in [6.07, 6.45) is 0.906. The van der Waals surface area contributed by atoms with E-state index in [4.69, 9.17) is 9.84 Å². The van der Waals surface area contributed by atoms with Gasteiger partial charge in [0, 0.05) is 43.6 Å². The normalized spacial score (nSPS) is 20.0. The minimum absolute atomic E-state index is 0.352. The van der Waals surface area contributed by atoms with Crippen LogP contribution >= 0.6 is 0 Å². The van der Waals surface area contributed by atoms with E-state index in [1.54, 1.807) is 0 Å². The molecule has 1 aromatic rings. The van der Waals surface area contributed by atoms with Crippen molar-refractivity contribution >= 4 is 17.5 Å². The molecule has 0 radical (unpaired) electrons. The summed E-state index contributed by atoms with van der Waals surface area (Å²) in [6, 6.07) is 8.84. The average Bonchev–Trinajstić information content (AvgIpc) is 2.57. The Hall–Kier alpha value is -1.95. The maximum Gasteiger partial charge on any atom is 0.407 e. The molecule has 2 N–H and O–H groups in total. The number of nitrogens with one attached hydrogen (secondary N) is 1. The molecule has 1 aromatic carbocycles. The van der Waals surface area contributed by atoms with Gasteiger partial charge in [0.15, 0.2) is 0 Å². The predicted octanol–water partition coefficient (Wildman–Crippen LogP) is 2.08. The van der Waals surface area contributed by atoms with Crippen molar-refractivity contribution < 1.29 is 14.6 Å². The number of ether oxygens (including phenoxy) is 1. The van der Waals surface area contributed by atoms with Gasteiger partial charge in [-0.15, -0.1) is 0 Å². The highest BCUT2D eigenvalue weighted by atomic mass is 16.5. The Kier molecular flexibility index (Phi) is 4.68. The van der Waals surface area contributed by atoms with E-state index in [2.05, 4.69) is 34.5 Å². The van der Waals surface area contributed by atoms with Crippen molar-refractivity contribution in [2.75, 3.05) is 49.6 Å². The van der Waals surface area contributed by atoms with Gasteiger partial charge in [0.1, 0.15) is 0 Å². The Balaban J connectivity index is 1.52. The smallest absolute Gasteiger partial charge is 0.407 e. The van der Waals surface area contributed by atoms with Crippen LogP contribution in [0.2, 0.25) is 0 Å². The number of hydrogen-bond donors (Lipinski definition) is 2. The van der Waals surface area contributed by atoms with Crippen molar-refractivity contribution in [2.45, 2.75) is 18.9 Å². The first-order chi connectivity index (χ1) is 10.7. The third kappa shape index (κ3) is 3.62. The second-order valence-corrected chi connectivity index (χ2v) is 5.83. The second kappa shape index (κ2) is 6.87. The van der Waals surface area contributed by atoms with E-state index in [0.717, 1.165) is 44.8 Å². The Bertz CT molecular complexity index is 492. The van der Waals surface area contributed by atoms with E-state index >= 15 is 0 Å². The van der Waals surface area contributed by atoms with E-state index in [0.29, 0.717) is 19.1 Å². The number of carbonyl (C=O) groups is 1. The fourth-order valence-corrected chi connectivity index (χ4v) is 3.04. The molecule has 0 atom stereocenters. The van der Waals surface area contributed by atoms with Gasteiger partial charge >= 0.3 is 6.09 Å². The Morgan fingerprint density at radius 3 is 2.32 bits per heavy atom. The van der Waals surface area contributed by atoms with Crippen LogP contribution in [0.25, 0.3) is 0 Å². The number of amides is 1. The first-order valence-electron chi connectivity index (χ1n) is 7.89. The molecule has 6 nitrogen and oxygen atoms in total. The molecule has 2 saturated heterocycles. The fraction of sp³-hybridized carbons (Fsp3) is 0.562. The van der Waals surface area contributed by atoms with Crippen LogP contribution in [-0.2, 0) is 4.74 Å². The average molecular weight is 305 g/mol. The molecule has 0 aliphatic carbocycles. The number of piperidine rings is 1. The molecular formula is C16H23N3O3. The number of likely N-dealkylation sites (tertiary alicyclic amines) is 1. The summed E-state index contributed by atoms with van der Waals surface area (Å²) >= 11 is 0. The molecule has 0 unspecified atom stereocenters. The fourth-order valence-electron chi connectivity index (χ4n) is 3.04. The maximum absolute atomic E-state index is 10.9. The molecule has 1 amide bonds. The molecule has 2 heterocycles. The lowest BCUT2D eigenvalue weighted by Gasteiger charge is -2.31. The van der Waals surface area contributed by atoms with Crippen molar-refractivity contribution in [2.24, 2.45) is 0 Å². The third-order valence-electron chi connectivity index (χ3n) is 4.38. The molecule has 2 aliphatic rings. The lowest BCUT2D eigenvalue weighted by Crippen LogP contribution is -2.41. The Morgan fingerprint density at radius 1 is 1.09 bits per heavy atom. The molecule has 2 fully saturated rings. The molecular weight excluding hydrogens is 282 g/mol. The van der Waals surface area contributed by atoms with Gasteiger partial charge in [-0.25, -0.2) is 4.79 Å². The van der Waals surface area contributed by atoms with Crippen LogP contribution in [0, 0.1) is 0 Å². The van der Waals surface area contributed by atoms with Crippen LogP contribution in [0.15, 0.2) is 24.3 Å². The van der Waals surface area contributed by atoms with E-state index in [-0.39, 0.29) is 0 Å². The topological polar surface area (TPSA) is 65.0 Å². The molecule has 0 spiro atoms. The summed E-state index contributed by atoms with van der Waals surface area (Å²) < 4.78 is 5.37. The zero-order valence-corrected chi connectivity index (χ0v) is 12.7. The Labute approximate surface area is 130 Å². The van der Waals surface area contributed by atoms with Gasteiger partial charge in [0.05, 0.1) is 13.2 Å². The zero-order chi connectivity index (χ0) is 15.4. The predicted molar refractivity (Wildman–Crippen MR) is 85.7 cm³/mol. The molecule has 3 rings (SSSR count). The monoisotopic (exact) mass is 305 g/mol. The summed E-state index contributed by atoms with van der Waals surface area (Å²) in [5, 5.41) is 12.5. The molecule has 120 valence electrons. The number of benzene rings is 1. The summed E-state index contributed by atoms with van der Waals surface area (Å²) in [5.41, 5.74) is 2.33. The van der Waals surface area contributed by atoms with E-state index in [1.165, 1.54) is 10.6 Å². The van der Waals surface area contributed by atoms with Gasteiger partial charge in [-0.2, -0.15) is 0 Å². The van der Waals surface area contributed by atoms with Crippen LogP contribution in [0.1, 0.15) is 12.8 Å². The number of anilines is 2. The zero-order valence-electron chi connectivity index (χ0n) is 12.7. The summed E-state index contributed by atoms with van der Waals surface area (Å²) in [5.74, 6) is 0. The highest BCUT2D eigenvalue weighted by Crippen LogP contribution is 2.21.